The number of amides is 2. The zero-order chi connectivity index (χ0) is 35.1. The Morgan fingerprint density at radius 1 is 0.540 bits per heavy atom. The molecule has 2 heterocycles. The molecule has 0 saturated carbocycles. The number of anilines is 2. The molecule has 0 aromatic heterocycles. The monoisotopic (exact) mass is 668 g/mol. The summed E-state index contributed by atoms with van der Waals surface area (Å²) in [6, 6.07) is 25.9. The van der Waals surface area contributed by atoms with Gasteiger partial charge in [-0.3, -0.25) is 9.59 Å². The largest absolute Gasteiger partial charge is 0.497 e. The average Bonchev–Trinajstić information content (AvgIpc) is 3.69. The van der Waals surface area contributed by atoms with E-state index in [4.69, 9.17) is 18.9 Å². The molecule has 5 aromatic carbocycles. The summed E-state index contributed by atoms with van der Waals surface area (Å²) in [6.45, 7) is 3.42. The van der Waals surface area contributed by atoms with E-state index in [2.05, 4.69) is 10.2 Å². The van der Waals surface area contributed by atoms with Crippen LogP contribution in [0.4, 0.5) is 11.4 Å². The molecule has 0 bridgehead atoms. The fourth-order valence-corrected chi connectivity index (χ4v) is 5.74. The topological polar surface area (TPSA) is 136 Å². The minimum atomic E-state index is -0.616. The summed E-state index contributed by atoms with van der Waals surface area (Å²) in [6.07, 6.45) is 0. The molecule has 2 amide bonds. The minimum absolute atomic E-state index is 0.212. The molecule has 5 aromatic rings. The lowest BCUT2D eigenvalue weighted by Crippen LogP contribution is -2.29. The number of fused-ring (bicyclic) bond motifs is 2. The first kappa shape index (κ1) is 31.8. The Morgan fingerprint density at radius 2 is 0.900 bits per heavy atom. The van der Waals surface area contributed by atoms with Crippen LogP contribution in [0.2, 0.25) is 0 Å². The van der Waals surface area contributed by atoms with E-state index < -0.39 is 23.8 Å². The number of benzene rings is 5. The SMILES string of the molecule is COc1ccc(OC(=O)c2cccc(N3N=c4c(C)c5c(c(C)c4C3=O)=NN(c3cccc(C(=O)Oc4ccc(OC)cc4)c3)C5=O)c2)cc1. The lowest BCUT2D eigenvalue weighted by Gasteiger charge is -2.14. The van der Waals surface area contributed by atoms with Gasteiger partial charge in [-0.05, 0) is 110 Å². The number of hydrogen-bond acceptors (Lipinski definition) is 10. The van der Waals surface area contributed by atoms with Crippen LogP contribution in [-0.2, 0) is 0 Å². The number of ether oxygens (including phenoxy) is 4. The molecule has 12 heteroatoms. The number of esters is 2. The molecule has 0 saturated heterocycles. The maximum absolute atomic E-state index is 13.8. The third kappa shape index (κ3) is 5.58. The molecular formula is C38H28N4O8. The molecule has 12 nitrogen and oxygen atoms in total. The van der Waals surface area contributed by atoms with Gasteiger partial charge in [0.2, 0.25) is 0 Å². The summed E-state index contributed by atoms with van der Waals surface area (Å²) >= 11 is 0. The zero-order valence-electron chi connectivity index (χ0n) is 27.3. The zero-order valence-corrected chi connectivity index (χ0v) is 27.3. The van der Waals surface area contributed by atoms with Crippen LogP contribution in [0, 0.1) is 13.8 Å². The third-order valence-corrected chi connectivity index (χ3v) is 8.34. The van der Waals surface area contributed by atoms with Gasteiger partial charge < -0.3 is 18.9 Å². The third-order valence-electron chi connectivity index (χ3n) is 8.34. The summed E-state index contributed by atoms with van der Waals surface area (Å²) < 4.78 is 21.3. The maximum atomic E-state index is 13.8. The summed E-state index contributed by atoms with van der Waals surface area (Å²) in [5.74, 6) is -0.196. The van der Waals surface area contributed by atoms with Gasteiger partial charge in [0.05, 0.1) is 47.8 Å². The van der Waals surface area contributed by atoms with Gasteiger partial charge in [-0.2, -0.15) is 20.2 Å². The van der Waals surface area contributed by atoms with Gasteiger partial charge in [0.15, 0.2) is 0 Å². The van der Waals surface area contributed by atoms with E-state index in [9.17, 15) is 19.2 Å². The van der Waals surface area contributed by atoms with Crippen molar-refractivity contribution < 1.29 is 38.1 Å². The summed E-state index contributed by atoms with van der Waals surface area (Å²) in [5.41, 5.74) is 2.64. The molecule has 0 atom stereocenters. The Hall–Kier alpha value is -6.82. The maximum Gasteiger partial charge on any atom is 0.343 e. The number of nitrogens with zero attached hydrogens (tertiary/aromatic N) is 4. The summed E-state index contributed by atoms with van der Waals surface area (Å²) in [4.78, 5) is 53.6. The molecular weight excluding hydrogens is 640 g/mol. The van der Waals surface area contributed by atoms with Crippen LogP contribution in [0.15, 0.2) is 107 Å². The first-order valence-electron chi connectivity index (χ1n) is 15.4. The van der Waals surface area contributed by atoms with Crippen molar-refractivity contribution in [1.82, 2.24) is 0 Å². The Labute approximate surface area is 285 Å². The molecule has 2 aliphatic rings. The van der Waals surface area contributed by atoms with E-state index in [0.29, 0.717) is 67.3 Å². The molecule has 0 unspecified atom stereocenters. The molecule has 7 rings (SSSR count). The fourth-order valence-electron chi connectivity index (χ4n) is 5.74. The molecule has 0 aliphatic carbocycles. The van der Waals surface area contributed by atoms with Gasteiger partial charge >= 0.3 is 11.9 Å². The van der Waals surface area contributed by atoms with E-state index in [1.54, 1.807) is 113 Å². The number of hydrogen-bond donors (Lipinski definition) is 0. The van der Waals surface area contributed by atoms with E-state index in [1.807, 2.05) is 0 Å². The fraction of sp³-hybridized carbons (Fsp3) is 0.105. The number of carbonyl (C=O) groups is 4. The molecule has 248 valence electrons. The quantitative estimate of drug-likeness (QED) is 0.164. The van der Waals surface area contributed by atoms with Crippen molar-refractivity contribution in [3.8, 4) is 23.0 Å². The van der Waals surface area contributed by atoms with Crippen LogP contribution < -0.4 is 39.7 Å². The van der Waals surface area contributed by atoms with Gasteiger partial charge in [-0.25, -0.2) is 9.59 Å². The Morgan fingerprint density at radius 3 is 1.26 bits per heavy atom. The first-order valence-corrected chi connectivity index (χ1v) is 15.4. The standard InChI is InChI=1S/C38H28N4O8/c1-21-31-34(40-41(35(31)43)25-9-5-7-23(19-25)37(45)49-29-15-11-27(47-3)12-16-29)22(2)32-33(21)39-42(36(32)44)26-10-6-8-24(20-26)38(46)50-30-17-13-28(48-4)14-18-30/h5-20H,1-4H3. The van der Waals surface area contributed by atoms with Gasteiger partial charge in [0.1, 0.15) is 33.7 Å². The molecule has 0 N–H and O–H groups in total. The molecule has 0 spiro atoms. The second-order valence-electron chi connectivity index (χ2n) is 11.4. The Balaban J connectivity index is 1.15. The lowest BCUT2D eigenvalue weighted by molar-refractivity contribution is 0.0725. The minimum Gasteiger partial charge on any atom is -0.497 e. The van der Waals surface area contributed by atoms with E-state index >= 15 is 0 Å². The lowest BCUT2D eigenvalue weighted by atomic mass is 9.97. The molecule has 50 heavy (non-hydrogen) atoms. The van der Waals surface area contributed by atoms with Crippen molar-refractivity contribution in [2.75, 3.05) is 24.2 Å². The van der Waals surface area contributed by atoms with Crippen LogP contribution in [0.1, 0.15) is 52.6 Å². The highest BCUT2D eigenvalue weighted by atomic mass is 16.5. The predicted molar refractivity (Wildman–Crippen MR) is 181 cm³/mol. The van der Waals surface area contributed by atoms with Gasteiger partial charge in [-0.1, -0.05) is 12.1 Å². The molecule has 0 radical (unpaired) electrons. The van der Waals surface area contributed by atoms with Crippen molar-refractivity contribution in [3.63, 3.8) is 0 Å². The summed E-state index contributed by atoms with van der Waals surface area (Å²) in [5, 5.41) is 12.3. The van der Waals surface area contributed by atoms with Crippen molar-refractivity contribution in [2.24, 2.45) is 10.2 Å². The highest BCUT2D eigenvalue weighted by molar-refractivity contribution is 6.12. The van der Waals surface area contributed by atoms with Crippen molar-refractivity contribution in [1.29, 1.82) is 0 Å². The van der Waals surface area contributed by atoms with Crippen LogP contribution >= 0.6 is 0 Å². The second-order valence-corrected chi connectivity index (χ2v) is 11.4. The number of methoxy groups -OCH3 is 2. The normalized spacial score (nSPS) is 12.9. The highest BCUT2D eigenvalue weighted by Gasteiger charge is 2.36. The van der Waals surface area contributed by atoms with Gasteiger partial charge in [0.25, 0.3) is 11.8 Å². The van der Waals surface area contributed by atoms with Crippen LogP contribution in [-0.4, -0.2) is 38.0 Å². The van der Waals surface area contributed by atoms with E-state index in [0.717, 1.165) is 0 Å². The first-order chi connectivity index (χ1) is 24.2. The average molecular weight is 669 g/mol. The highest BCUT2D eigenvalue weighted by Crippen LogP contribution is 2.28. The summed E-state index contributed by atoms with van der Waals surface area (Å²) in [7, 11) is 3.08. The van der Waals surface area contributed by atoms with Crippen LogP contribution in [0.5, 0.6) is 23.0 Å². The Kier molecular flexibility index (Phi) is 8.04. The molecule has 0 fully saturated rings. The molecule has 2 aliphatic heterocycles. The van der Waals surface area contributed by atoms with Crippen molar-refractivity contribution in [3.05, 3.63) is 141 Å². The van der Waals surface area contributed by atoms with Crippen LogP contribution in [0.3, 0.4) is 0 Å². The smallest absolute Gasteiger partial charge is 0.343 e. The number of rotatable bonds is 8. The second kappa shape index (κ2) is 12.7. The van der Waals surface area contributed by atoms with E-state index in [-0.39, 0.29) is 11.1 Å². The predicted octanol–water partition coefficient (Wildman–Crippen LogP) is 5.15. The Bertz CT molecular complexity index is 2190. The van der Waals surface area contributed by atoms with Crippen molar-refractivity contribution >= 4 is 35.1 Å². The van der Waals surface area contributed by atoms with Crippen molar-refractivity contribution in [2.45, 2.75) is 13.8 Å². The van der Waals surface area contributed by atoms with Gasteiger partial charge in [-0.15, -0.1) is 0 Å². The van der Waals surface area contributed by atoms with E-state index in [1.165, 1.54) is 22.2 Å². The van der Waals surface area contributed by atoms with Gasteiger partial charge in [0, 0.05) is 0 Å². The van der Waals surface area contributed by atoms with Crippen LogP contribution in [0.25, 0.3) is 0 Å². The number of carbonyl (C=O) groups excluding carboxylic acids is 4.